The molecule has 0 radical (unpaired) electrons. The van der Waals surface area contributed by atoms with E-state index in [1.807, 2.05) is 31.2 Å². The van der Waals surface area contributed by atoms with Crippen molar-refractivity contribution < 1.29 is 4.74 Å². The standard InChI is InChI=1S/C15H18N2OS/c1-9(2)13-10(3)16-14(17-15(13)19)11-6-5-7-12(8-11)18-4/h5-9H,1-4H3,(H,16,17,19). The summed E-state index contributed by atoms with van der Waals surface area (Å²) in [5.74, 6) is 1.96. The Hall–Kier alpha value is -1.68. The van der Waals surface area contributed by atoms with Gasteiger partial charge in [-0.1, -0.05) is 38.2 Å². The maximum Gasteiger partial charge on any atom is 0.139 e. The second-order valence-electron chi connectivity index (χ2n) is 4.82. The fraction of sp³-hybridized carbons (Fsp3) is 0.333. The third kappa shape index (κ3) is 2.84. The molecule has 19 heavy (non-hydrogen) atoms. The average molecular weight is 274 g/mol. The molecular weight excluding hydrogens is 256 g/mol. The van der Waals surface area contributed by atoms with Crippen molar-refractivity contribution in [1.82, 2.24) is 9.97 Å². The van der Waals surface area contributed by atoms with Crippen LogP contribution in [0.4, 0.5) is 0 Å². The van der Waals surface area contributed by atoms with Crippen LogP contribution in [-0.4, -0.2) is 17.1 Å². The van der Waals surface area contributed by atoms with Crippen LogP contribution in [0.1, 0.15) is 31.0 Å². The predicted octanol–water partition coefficient (Wildman–Crippen LogP) is 4.25. The van der Waals surface area contributed by atoms with E-state index in [2.05, 4.69) is 23.8 Å². The molecule has 0 fully saturated rings. The summed E-state index contributed by atoms with van der Waals surface area (Å²) in [4.78, 5) is 7.84. The van der Waals surface area contributed by atoms with Crippen LogP contribution in [0.15, 0.2) is 24.3 Å². The zero-order valence-corrected chi connectivity index (χ0v) is 12.5. The molecule has 0 spiro atoms. The lowest BCUT2D eigenvalue weighted by Gasteiger charge is -2.12. The number of ether oxygens (including phenoxy) is 1. The molecule has 0 aliphatic heterocycles. The van der Waals surface area contributed by atoms with Crippen molar-refractivity contribution in [1.29, 1.82) is 0 Å². The van der Waals surface area contributed by atoms with Gasteiger partial charge in [0.15, 0.2) is 0 Å². The van der Waals surface area contributed by atoms with E-state index < -0.39 is 0 Å². The maximum absolute atomic E-state index is 5.40. The summed E-state index contributed by atoms with van der Waals surface area (Å²) < 4.78 is 5.90. The van der Waals surface area contributed by atoms with E-state index in [0.717, 1.165) is 28.4 Å². The zero-order valence-electron chi connectivity index (χ0n) is 11.7. The van der Waals surface area contributed by atoms with E-state index >= 15 is 0 Å². The number of H-pyrrole nitrogens is 1. The number of benzene rings is 1. The first-order valence-electron chi connectivity index (χ1n) is 6.28. The van der Waals surface area contributed by atoms with E-state index in [0.29, 0.717) is 10.6 Å². The fourth-order valence-corrected chi connectivity index (χ4v) is 2.66. The average Bonchev–Trinajstić information content (AvgIpc) is 2.37. The minimum atomic E-state index is 0.371. The number of rotatable bonds is 3. The molecule has 0 saturated carbocycles. The van der Waals surface area contributed by atoms with E-state index in [1.54, 1.807) is 7.11 Å². The largest absolute Gasteiger partial charge is 0.497 e. The van der Waals surface area contributed by atoms with E-state index in [1.165, 1.54) is 0 Å². The molecule has 100 valence electrons. The fourth-order valence-electron chi connectivity index (χ4n) is 2.18. The minimum Gasteiger partial charge on any atom is -0.497 e. The van der Waals surface area contributed by atoms with Gasteiger partial charge in [-0.25, -0.2) is 4.98 Å². The van der Waals surface area contributed by atoms with Crippen LogP contribution in [-0.2, 0) is 0 Å². The second kappa shape index (κ2) is 5.53. The van der Waals surface area contributed by atoms with Gasteiger partial charge in [0.05, 0.1) is 7.11 Å². The molecule has 1 heterocycles. The second-order valence-corrected chi connectivity index (χ2v) is 5.20. The number of hydrogen-bond donors (Lipinski definition) is 1. The molecule has 0 amide bonds. The maximum atomic E-state index is 5.40. The summed E-state index contributed by atoms with van der Waals surface area (Å²) >= 11 is 5.40. The number of aryl methyl sites for hydroxylation is 1. The first kappa shape index (κ1) is 13.7. The molecule has 0 atom stereocenters. The third-order valence-electron chi connectivity index (χ3n) is 3.07. The number of aromatic amines is 1. The van der Waals surface area contributed by atoms with Crippen LogP contribution >= 0.6 is 12.2 Å². The lowest BCUT2D eigenvalue weighted by atomic mass is 10.0. The van der Waals surface area contributed by atoms with Gasteiger partial charge in [-0.2, -0.15) is 0 Å². The summed E-state index contributed by atoms with van der Waals surface area (Å²) in [6, 6.07) is 7.79. The molecule has 2 rings (SSSR count). The van der Waals surface area contributed by atoms with Crippen molar-refractivity contribution in [2.75, 3.05) is 7.11 Å². The number of nitrogens with one attached hydrogen (secondary N) is 1. The monoisotopic (exact) mass is 274 g/mol. The number of methoxy groups -OCH3 is 1. The normalized spacial score (nSPS) is 10.8. The lowest BCUT2D eigenvalue weighted by molar-refractivity contribution is 0.415. The van der Waals surface area contributed by atoms with Crippen LogP contribution in [0.5, 0.6) is 5.75 Å². The minimum absolute atomic E-state index is 0.371. The van der Waals surface area contributed by atoms with Crippen molar-refractivity contribution in [2.24, 2.45) is 0 Å². The van der Waals surface area contributed by atoms with Gasteiger partial charge in [-0.3, -0.25) is 0 Å². The van der Waals surface area contributed by atoms with Crippen molar-refractivity contribution in [3.05, 3.63) is 40.2 Å². The van der Waals surface area contributed by atoms with Crippen LogP contribution in [0, 0.1) is 11.6 Å². The Labute approximate surface area is 118 Å². The summed E-state index contributed by atoms with van der Waals surface area (Å²) in [6.45, 7) is 6.29. The van der Waals surface area contributed by atoms with E-state index in [-0.39, 0.29) is 0 Å². The van der Waals surface area contributed by atoms with Crippen LogP contribution in [0.25, 0.3) is 11.4 Å². The quantitative estimate of drug-likeness (QED) is 0.850. The first-order valence-corrected chi connectivity index (χ1v) is 6.69. The SMILES string of the molecule is COc1cccc(-c2nc(=S)c(C(C)C)c(C)[nH]2)c1. The topological polar surface area (TPSA) is 37.9 Å². The van der Waals surface area contributed by atoms with Gasteiger partial charge in [0.1, 0.15) is 16.2 Å². The Balaban J connectivity index is 2.55. The first-order chi connectivity index (χ1) is 9.02. The van der Waals surface area contributed by atoms with E-state index in [9.17, 15) is 0 Å². The third-order valence-corrected chi connectivity index (χ3v) is 3.39. The van der Waals surface area contributed by atoms with Gasteiger partial charge in [0.25, 0.3) is 0 Å². The van der Waals surface area contributed by atoms with Gasteiger partial charge in [0.2, 0.25) is 0 Å². The van der Waals surface area contributed by atoms with Gasteiger partial charge < -0.3 is 9.72 Å². The highest BCUT2D eigenvalue weighted by Gasteiger charge is 2.10. The van der Waals surface area contributed by atoms with Crippen molar-refractivity contribution in [3.63, 3.8) is 0 Å². The molecule has 0 bridgehead atoms. The van der Waals surface area contributed by atoms with Crippen molar-refractivity contribution in [2.45, 2.75) is 26.7 Å². The van der Waals surface area contributed by atoms with Gasteiger partial charge in [-0.15, -0.1) is 0 Å². The highest BCUT2D eigenvalue weighted by Crippen LogP contribution is 2.24. The number of aromatic nitrogens is 2. The molecule has 4 heteroatoms. The number of nitrogens with zero attached hydrogens (tertiary/aromatic N) is 1. The smallest absolute Gasteiger partial charge is 0.139 e. The Kier molecular flexibility index (Phi) is 4.00. The number of hydrogen-bond acceptors (Lipinski definition) is 3. The molecule has 2 aromatic rings. The van der Waals surface area contributed by atoms with Crippen molar-refractivity contribution >= 4 is 12.2 Å². The Morgan fingerprint density at radius 1 is 1.32 bits per heavy atom. The molecule has 0 saturated heterocycles. The van der Waals surface area contributed by atoms with Gasteiger partial charge >= 0.3 is 0 Å². The van der Waals surface area contributed by atoms with E-state index in [4.69, 9.17) is 17.0 Å². The van der Waals surface area contributed by atoms with Crippen LogP contribution < -0.4 is 4.74 Å². The summed E-state index contributed by atoms with van der Waals surface area (Å²) in [5, 5.41) is 0. The Morgan fingerprint density at radius 2 is 2.05 bits per heavy atom. The van der Waals surface area contributed by atoms with Gasteiger partial charge in [0, 0.05) is 16.8 Å². The van der Waals surface area contributed by atoms with Gasteiger partial charge in [-0.05, 0) is 25.0 Å². The highest BCUT2D eigenvalue weighted by molar-refractivity contribution is 7.71. The molecule has 1 N–H and O–H groups in total. The zero-order chi connectivity index (χ0) is 14.0. The summed E-state index contributed by atoms with van der Waals surface area (Å²) in [5.41, 5.74) is 3.17. The molecule has 0 aliphatic carbocycles. The Morgan fingerprint density at radius 3 is 2.63 bits per heavy atom. The highest BCUT2D eigenvalue weighted by atomic mass is 32.1. The molecule has 3 nitrogen and oxygen atoms in total. The predicted molar refractivity (Wildman–Crippen MR) is 80.2 cm³/mol. The molecule has 0 unspecified atom stereocenters. The summed E-state index contributed by atoms with van der Waals surface area (Å²) in [7, 11) is 1.65. The molecular formula is C15H18N2OS. The lowest BCUT2D eigenvalue weighted by Crippen LogP contribution is -2.01. The van der Waals surface area contributed by atoms with Crippen molar-refractivity contribution in [3.8, 4) is 17.1 Å². The molecule has 1 aromatic carbocycles. The summed E-state index contributed by atoms with van der Waals surface area (Å²) in [6.07, 6.45) is 0. The van der Waals surface area contributed by atoms with Crippen LogP contribution in [0.3, 0.4) is 0 Å². The molecule has 0 aliphatic rings. The van der Waals surface area contributed by atoms with Crippen LogP contribution in [0.2, 0.25) is 0 Å². The molecule has 1 aromatic heterocycles. The Bertz CT molecular complexity index is 647.